The van der Waals surface area contributed by atoms with Crippen molar-refractivity contribution in [1.29, 1.82) is 0 Å². The smallest absolute Gasteiger partial charge is 0.265 e. The zero-order chi connectivity index (χ0) is 21.2. The molecule has 4 rings (SSSR count). The molecule has 1 saturated carbocycles. The van der Waals surface area contributed by atoms with E-state index in [1.807, 2.05) is 0 Å². The van der Waals surface area contributed by atoms with Crippen LogP contribution in [-0.2, 0) is 19.4 Å². The first kappa shape index (κ1) is 26.3. The van der Waals surface area contributed by atoms with Crippen LogP contribution in [-0.4, -0.2) is 54.0 Å². The number of hydrogen-bond acceptors (Lipinski definition) is 8. The highest BCUT2D eigenvalue weighted by Gasteiger charge is 2.52. The van der Waals surface area contributed by atoms with Gasteiger partial charge in [-0.05, 0) is 43.7 Å². The number of halogens is 2. The molecule has 2 aromatic rings. The number of rotatable bonds is 7. The molecule has 1 aliphatic heterocycles. The second kappa shape index (κ2) is 10.8. The molecule has 2 fully saturated rings. The van der Waals surface area contributed by atoms with Crippen LogP contribution >= 0.6 is 24.8 Å². The van der Waals surface area contributed by atoms with Gasteiger partial charge in [0.2, 0.25) is 0 Å². The molecule has 0 unspecified atom stereocenters. The van der Waals surface area contributed by atoms with Gasteiger partial charge in [-0.3, -0.25) is 15.0 Å². The second-order valence-electron chi connectivity index (χ2n) is 7.69. The van der Waals surface area contributed by atoms with Gasteiger partial charge in [-0.1, -0.05) is 12.1 Å². The first-order valence-electron chi connectivity index (χ1n) is 9.89. The van der Waals surface area contributed by atoms with Crippen LogP contribution < -0.4 is 10.8 Å². The minimum atomic E-state index is -4.05. The number of hydrogen-bond donors (Lipinski definition) is 3. The van der Waals surface area contributed by atoms with E-state index in [2.05, 4.69) is 15.3 Å². The number of aromatic nitrogens is 2. The van der Waals surface area contributed by atoms with Gasteiger partial charge in [0.25, 0.3) is 5.91 Å². The minimum absolute atomic E-state index is 0. The Morgan fingerprint density at radius 1 is 1.09 bits per heavy atom. The molecule has 0 radical (unpaired) electrons. The molecule has 1 amide bonds. The van der Waals surface area contributed by atoms with E-state index < -0.39 is 20.5 Å². The molecule has 3 N–H and O–H groups in total. The normalized spacial score (nSPS) is 17.4. The molecule has 9 nitrogen and oxygen atoms in total. The number of amides is 1. The van der Waals surface area contributed by atoms with Crippen LogP contribution in [0.5, 0.6) is 0 Å². The van der Waals surface area contributed by atoms with E-state index in [1.54, 1.807) is 24.5 Å². The quantitative estimate of drug-likeness (QED) is 0.387. The lowest BCUT2D eigenvalue weighted by Gasteiger charge is -2.34. The van der Waals surface area contributed by atoms with Gasteiger partial charge >= 0.3 is 0 Å². The maximum absolute atomic E-state index is 13.3. The molecule has 1 aromatic heterocycles. The van der Waals surface area contributed by atoms with E-state index in [-0.39, 0.29) is 55.8 Å². The number of carbonyl (C=O) groups is 1. The molecule has 32 heavy (non-hydrogen) atoms. The summed E-state index contributed by atoms with van der Waals surface area (Å²) in [7, 11) is -4.05. The van der Waals surface area contributed by atoms with E-state index >= 15 is 0 Å². The standard InChI is InChI=1S/C20H24N4O5S.2ClH/c25-19(24-26)20(7-9-29-10-8-20)30(27,28)16-5-3-15(4-6-16)17-12-23-18(13-21-17)22-11-14-1-2-14;;/h3-6,12-14,26H,1-2,7-11H2,(H,22,23)(H,24,25);2*1H. The van der Waals surface area contributed by atoms with Crippen LogP contribution in [0.25, 0.3) is 11.3 Å². The highest BCUT2D eigenvalue weighted by molar-refractivity contribution is 7.93. The Kier molecular flexibility index (Phi) is 8.83. The summed E-state index contributed by atoms with van der Waals surface area (Å²) < 4.78 is 30.0. The van der Waals surface area contributed by atoms with Gasteiger partial charge in [0.05, 0.1) is 23.0 Å². The van der Waals surface area contributed by atoms with Crippen LogP contribution in [0.1, 0.15) is 25.7 Å². The fraction of sp³-hybridized carbons (Fsp3) is 0.450. The number of benzene rings is 1. The summed E-state index contributed by atoms with van der Waals surface area (Å²) in [6.45, 7) is 1.15. The molecule has 0 bridgehead atoms. The number of ether oxygens (including phenoxy) is 1. The van der Waals surface area contributed by atoms with E-state index in [4.69, 9.17) is 9.94 Å². The summed E-state index contributed by atoms with van der Waals surface area (Å²) in [5.41, 5.74) is 2.84. The first-order valence-corrected chi connectivity index (χ1v) is 11.4. The van der Waals surface area contributed by atoms with E-state index in [1.165, 1.54) is 30.5 Å². The first-order chi connectivity index (χ1) is 14.5. The third-order valence-electron chi connectivity index (χ3n) is 5.71. The second-order valence-corrected chi connectivity index (χ2v) is 9.95. The number of nitrogens with zero attached hydrogens (tertiary/aromatic N) is 2. The molecule has 1 aliphatic carbocycles. The van der Waals surface area contributed by atoms with Gasteiger partial charge in [0.1, 0.15) is 5.82 Å². The van der Waals surface area contributed by atoms with Crippen molar-refractivity contribution in [2.24, 2.45) is 5.92 Å². The average Bonchev–Trinajstić information content (AvgIpc) is 3.62. The highest BCUT2D eigenvalue weighted by atomic mass is 35.5. The van der Waals surface area contributed by atoms with Crippen molar-refractivity contribution in [2.45, 2.75) is 35.3 Å². The predicted molar refractivity (Wildman–Crippen MR) is 123 cm³/mol. The molecule has 2 heterocycles. The van der Waals surface area contributed by atoms with Crippen molar-refractivity contribution in [2.75, 3.05) is 25.1 Å². The van der Waals surface area contributed by atoms with Crippen molar-refractivity contribution in [3.63, 3.8) is 0 Å². The van der Waals surface area contributed by atoms with Crippen molar-refractivity contribution < 1.29 is 23.2 Å². The Balaban J connectivity index is 0.00000181. The summed E-state index contributed by atoms with van der Waals surface area (Å²) in [5, 5.41) is 12.4. The van der Waals surface area contributed by atoms with Gasteiger partial charge in [-0.2, -0.15) is 0 Å². The van der Waals surface area contributed by atoms with Crippen LogP contribution in [0.3, 0.4) is 0 Å². The molecule has 0 spiro atoms. The maximum Gasteiger partial charge on any atom is 0.265 e. The Labute approximate surface area is 199 Å². The van der Waals surface area contributed by atoms with E-state index in [0.29, 0.717) is 17.1 Å². The Morgan fingerprint density at radius 2 is 1.75 bits per heavy atom. The molecule has 0 atom stereocenters. The lowest BCUT2D eigenvalue weighted by molar-refractivity contribution is -0.134. The Morgan fingerprint density at radius 3 is 2.28 bits per heavy atom. The van der Waals surface area contributed by atoms with Crippen molar-refractivity contribution in [3.8, 4) is 11.3 Å². The summed E-state index contributed by atoms with van der Waals surface area (Å²) in [4.78, 5) is 21.1. The highest BCUT2D eigenvalue weighted by Crippen LogP contribution is 2.36. The maximum atomic E-state index is 13.3. The zero-order valence-electron chi connectivity index (χ0n) is 17.2. The SMILES string of the molecule is Cl.Cl.O=C(NO)C1(S(=O)(=O)c2ccc(-c3cnc(NCC4CC4)cn3)cc2)CCOCC1. The third-order valence-corrected chi connectivity index (χ3v) is 8.23. The topological polar surface area (TPSA) is 131 Å². The van der Waals surface area contributed by atoms with Crippen molar-refractivity contribution in [3.05, 3.63) is 36.7 Å². The monoisotopic (exact) mass is 504 g/mol. The Bertz CT molecular complexity index is 1010. The fourth-order valence-corrected chi connectivity index (χ4v) is 5.53. The number of hydroxylamine groups is 1. The summed E-state index contributed by atoms with van der Waals surface area (Å²) in [5.74, 6) is 0.504. The minimum Gasteiger partial charge on any atom is -0.381 e. The van der Waals surface area contributed by atoms with Crippen molar-refractivity contribution in [1.82, 2.24) is 15.4 Å². The lowest BCUT2D eigenvalue weighted by Crippen LogP contribution is -2.54. The fourth-order valence-electron chi connectivity index (χ4n) is 3.59. The largest absolute Gasteiger partial charge is 0.381 e. The number of carbonyl (C=O) groups excluding carboxylic acids is 1. The van der Waals surface area contributed by atoms with Gasteiger partial charge in [0, 0.05) is 25.3 Å². The molecule has 176 valence electrons. The molecule has 1 saturated heterocycles. The molecular weight excluding hydrogens is 479 g/mol. The van der Waals surface area contributed by atoms with Gasteiger partial charge in [-0.15, -0.1) is 24.8 Å². The van der Waals surface area contributed by atoms with Crippen LogP contribution in [0.15, 0.2) is 41.6 Å². The molecule has 1 aromatic carbocycles. The summed E-state index contributed by atoms with van der Waals surface area (Å²) in [6.07, 6.45) is 5.75. The van der Waals surface area contributed by atoms with Crippen molar-refractivity contribution >= 4 is 46.4 Å². The van der Waals surface area contributed by atoms with Gasteiger partial charge < -0.3 is 10.1 Å². The van der Waals surface area contributed by atoms with Crippen LogP contribution in [0.2, 0.25) is 0 Å². The van der Waals surface area contributed by atoms with E-state index in [0.717, 1.165) is 12.5 Å². The third kappa shape index (κ3) is 5.15. The van der Waals surface area contributed by atoms with Gasteiger partial charge in [0.15, 0.2) is 14.6 Å². The predicted octanol–water partition coefficient (Wildman–Crippen LogP) is 2.64. The molecular formula is C20H26Cl2N4O5S. The summed E-state index contributed by atoms with van der Waals surface area (Å²) in [6, 6.07) is 6.18. The van der Waals surface area contributed by atoms with Gasteiger partial charge in [-0.25, -0.2) is 18.9 Å². The van der Waals surface area contributed by atoms with E-state index in [9.17, 15) is 13.2 Å². The summed E-state index contributed by atoms with van der Waals surface area (Å²) >= 11 is 0. The number of anilines is 1. The number of nitrogens with one attached hydrogen (secondary N) is 2. The molecule has 12 heteroatoms. The lowest BCUT2D eigenvalue weighted by atomic mass is 9.98. The number of sulfone groups is 1. The average molecular weight is 505 g/mol. The molecule has 2 aliphatic rings. The van der Waals surface area contributed by atoms with Crippen LogP contribution in [0.4, 0.5) is 5.82 Å². The zero-order valence-corrected chi connectivity index (χ0v) is 19.6. The Hall–Kier alpha value is -1.98. The van der Waals surface area contributed by atoms with Crippen LogP contribution in [0, 0.1) is 5.92 Å².